The number of hydrogen-bond donors (Lipinski definition) is 1. The first-order valence-electron chi connectivity index (χ1n) is 5.81. The molecule has 0 saturated heterocycles. The number of nitro benzene ring substituents is 1. The lowest BCUT2D eigenvalue weighted by Gasteiger charge is -2.01. The van der Waals surface area contributed by atoms with Gasteiger partial charge >= 0.3 is 0 Å². The molecule has 0 aliphatic carbocycles. The van der Waals surface area contributed by atoms with E-state index in [1.165, 1.54) is 6.20 Å². The van der Waals surface area contributed by atoms with Crippen molar-refractivity contribution in [3.63, 3.8) is 0 Å². The van der Waals surface area contributed by atoms with Crippen LogP contribution in [0.25, 0.3) is 11.3 Å². The third-order valence-corrected chi connectivity index (χ3v) is 2.65. The number of aryl methyl sites for hydroxylation is 1. The summed E-state index contributed by atoms with van der Waals surface area (Å²) in [5.41, 5.74) is 4.61. The van der Waals surface area contributed by atoms with E-state index in [1.54, 1.807) is 0 Å². The fraction of sp³-hybridized carbons (Fsp3) is 0.250. The van der Waals surface area contributed by atoms with Crippen LogP contribution >= 0.6 is 0 Å². The maximum absolute atomic E-state index is 13.2. The summed E-state index contributed by atoms with van der Waals surface area (Å²) in [6.07, 6.45) is 2.35. The average molecular weight is 283 g/mol. The second-order valence-electron chi connectivity index (χ2n) is 4.05. The van der Waals surface area contributed by atoms with Gasteiger partial charge < -0.3 is 10.2 Å². The topological polar surface area (TPSA) is 95.2 Å². The summed E-state index contributed by atoms with van der Waals surface area (Å²) in [6, 6.07) is 1.24. The molecule has 0 amide bonds. The molecule has 1 aromatic heterocycles. The third-order valence-electron chi connectivity index (χ3n) is 2.65. The number of oxazole rings is 1. The van der Waals surface area contributed by atoms with Gasteiger partial charge in [-0.1, -0.05) is 0 Å². The van der Waals surface area contributed by atoms with Crippen molar-refractivity contribution < 1.29 is 18.1 Å². The number of aromatic nitrogens is 1. The number of nitrogens with two attached hydrogens (primary N) is 1. The molecule has 0 saturated carbocycles. The van der Waals surface area contributed by atoms with Gasteiger partial charge in [0.25, 0.3) is 5.69 Å². The molecule has 20 heavy (non-hydrogen) atoms. The largest absolute Gasteiger partial charge is 0.440 e. The van der Waals surface area contributed by atoms with E-state index in [4.69, 9.17) is 10.2 Å². The molecule has 1 aromatic carbocycles. The highest BCUT2D eigenvalue weighted by Crippen LogP contribution is 2.32. The second kappa shape index (κ2) is 5.74. The second-order valence-corrected chi connectivity index (χ2v) is 4.05. The highest BCUT2D eigenvalue weighted by molar-refractivity contribution is 5.69. The SMILES string of the molecule is NCCCc1ncc(-c2cc(F)c(F)cc2[N+](=O)[O-])o1. The van der Waals surface area contributed by atoms with Crippen LogP contribution in [0.4, 0.5) is 14.5 Å². The van der Waals surface area contributed by atoms with Crippen molar-refractivity contribution in [2.75, 3.05) is 6.54 Å². The Morgan fingerprint density at radius 1 is 1.35 bits per heavy atom. The van der Waals surface area contributed by atoms with Crippen LogP contribution in [0.15, 0.2) is 22.7 Å². The maximum atomic E-state index is 13.2. The van der Waals surface area contributed by atoms with E-state index in [0.717, 1.165) is 6.07 Å². The fourth-order valence-electron chi connectivity index (χ4n) is 1.69. The number of halogens is 2. The molecule has 6 nitrogen and oxygen atoms in total. The molecular weight excluding hydrogens is 272 g/mol. The van der Waals surface area contributed by atoms with Crippen LogP contribution in [-0.2, 0) is 6.42 Å². The molecule has 0 spiro atoms. The molecule has 0 radical (unpaired) electrons. The average Bonchev–Trinajstić information content (AvgIpc) is 2.87. The molecule has 0 aliphatic heterocycles. The van der Waals surface area contributed by atoms with Crippen molar-refractivity contribution in [1.29, 1.82) is 0 Å². The highest BCUT2D eigenvalue weighted by Gasteiger charge is 2.22. The zero-order chi connectivity index (χ0) is 14.7. The van der Waals surface area contributed by atoms with Crippen molar-refractivity contribution in [2.24, 2.45) is 5.73 Å². The molecule has 2 rings (SSSR count). The predicted molar refractivity (Wildman–Crippen MR) is 65.9 cm³/mol. The zero-order valence-electron chi connectivity index (χ0n) is 10.3. The normalized spacial score (nSPS) is 10.8. The summed E-state index contributed by atoms with van der Waals surface area (Å²) in [5.74, 6) is -2.12. The number of rotatable bonds is 5. The Kier molecular flexibility index (Phi) is 4.04. The van der Waals surface area contributed by atoms with E-state index in [9.17, 15) is 18.9 Å². The third kappa shape index (κ3) is 2.80. The molecule has 0 bridgehead atoms. The Hall–Kier alpha value is -2.35. The van der Waals surface area contributed by atoms with Gasteiger partial charge in [-0.15, -0.1) is 0 Å². The van der Waals surface area contributed by atoms with E-state index < -0.39 is 22.2 Å². The first-order chi connectivity index (χ1) is 9.52. The van der Waals surface area contributed by atoms with Gasteiger partial charge in [-0.05, 0) is 19.0 Å². The lowest BCUT2D eigenvalue weighted by atomic mass is 10.1. The molecule has 0 aliphatic rings. The molecule has 1 heterocycles. The Morgan fingerprint density at radius 3 is 2.70 bits per heavy atom. The molecular formula is C12H11F2N3O3. The van der Waals surface area contributed by atoms with Gasteiger partial charge in [-0.3, -0.25) is 10.1 Å². The van der Waals surface area contributed by atoms with Gasteiger partial charge in [0.2, 0.25) is 0 Å². The van der Waals surface area contributed by atoms with Crippen LogP contribution in [-0.4, -0.2) is 16.5 Å². The van der Waals surface area contributed by atoms with Crippen LogP contribution in [0, 0.1) is 21.7 Å². The standard InChI is InChI=1S/C12H11F2N3O3/c13-8-4-7(10(17(18)19)5-9(8)14)11-6-16-12(20-11)2-1-3-15/h4-6H,1-3,15H2. The van der Waals surface area contributed by atoms with Crippen LogP contribution in [0.1, 0.15) is 12.3 Å². The van der Waals surface area contributed by atoms with Crippen molar-refractivity contribution in [3.05, 3.63) is 46.0 Å². The molecule has 8 heteroatoms. The van der Waals surface area contributed by atoms with Gasteiger partial charge in [-0.2, -0.15) is 0 Å². The summed E-state index contributed by atoms with van der Waals surface area (Å²) < 4.78 is 31.6. The Labute approximate surface area is 112 Å². The van der Waals surface area contributed by atoms with E-state index in [-0.39, 0.29) is 11.3 Å². The van der Waals surface area contributed by atoms with Crippen molar-refractivity contribution in [2.45, 2.75) is 12.8 Å². The van der Waals surface area contributed by atoms with Crippen molar-refractivity contribution >= 4 is 5.69 Å². The molecule has 0 atom stereocenters. The van der Waals surface area contributed by atoms with Gasteiger partial charge in [0.1, 0.15) is 0 Å². The van der Waals surface area contributed by atoms with Gasteiger partial charge in [-0.25, -0.2) is 13.8 Å². The van der Waals surface area contributed by atoms with Gasteiger partial charge in [0.05, 0.1) is 22.7 Å². The Bertz CT molecular complexity index is 643. The summed E-state index contributed by atoms with van der Waals surface area (Å²) in [4.78, 5) is 14.0. The first kappa shape index (κ1) is 14.1. The number of benzene rings is 1. The summed E-state index contributed by atoms with van der Waals surface area (Å²) in [7, 11) is 0. The molecule has 106 valence electrons. The predicted octanol–water partition coefficient (Wildman–Crippen LogP) is 2.42. The number of nitrogens with zero attached hydrogens (tertiary/aromatic N) is 2. The monoisotopic (exact) mass is 283 g/mol. The van der Waals surface area contributed by atoms with E-state index >= 15 is 0 Å². The fourth-order valence-corrected chi connectivity index (χ4v) is 1.69. The van der Waals surface area contributed by atoms with E-state index in [1.807, 2.05) is 0 Å². The van der Waals surface area contributed by atoms with Crippen molar-refractivity contribution in [3.8, 4) is 11.3 Å². The molecule has 0 unspecified atom stereocenters. The van der Waals surface area contributed by atoms with Gasteiger partial charge in [0, 0.05) is 6.42 Å². The quantitative estimate of drug-likeness (QED) is 0.671. The summed E-state index contributed by atoms with van der Waals surface area (Å²) in [6.45, 7) is 0.447. The Balaban J connectivity index is 2.43. The number of hydrogen-bond acceptors (Lipinski definition) is 5. The summed E-state index contributed by atoms with van der Waals surface area (Å²) in [5, 5.41) is 10.9. The Morgan fingerprint density at radius 2 is 2.05 bits per heavy atom. The maximum Gasteiger partial charge on any atom is 0.283 e. The smallest absolute Gasteiger partial charge is 0.283 e. The highest BCUT2D eigenvalue weighted by atomic mass is 19.2. The van der Waals surface area contributed by atoms with Crippen LogP contribution in [0.2, 0.25) is 0 Å². The summed E-state index contributed by atoms with van der Waals surface area (Å²) >= 11 is 0. The lowest BCUT2D eigenvalue weighted by Crippen LogP contribution is -2.00. The minimum absolute atomic E-state index is 0.0163. The minimum atomic E-state index is -1.29. The molecule has 2 N–H and O–H groups in total. The lowest BCUT2D eigenvalue weighted by molar-refractivity contribution is -0.384. The van der Waals surface area contributed by atoms with E-state index in [2.05, 4.69) is 4.98 Å². The van der Waals surface area contributed by atoms with E-state index in [0.29, 0.717) is 31.3 Å². The van der Waals surface area contributed by atoms with Gasteiger partial charge in [0.15, 0.2) is 23.3 Å². The van der Waals surface area contributed by atoms with Crippen molar-refractivity contribution in [1.82, 2.24) is 4.98 Å². The van der Waals surface area contributed by atoms with Crippen LogP contribution in [0.3, 0.4) is 0 Å². The minimum Gasteiger partial charge on any atom is -0.440 e. The first-order valence-corrected chi connectivity index (χ1v) is 5.81. The molecule has 2 aromatic rings. The van der Waals surface area contributed by atoms with Crippen LogP contribution < -0.4 is 5.73 Å². The number of nitro groups is 1. The molecule has 0 fully saturated rings. The van der Waals surface area contributed by atoms with Crippen LogP contribution in [0.5, 0.6) is 0 Å². The zero-order valence-corrected chi connectivity index (χ0v) is 10.3.